The molecule has 0 aromatic heterocycles. The van der Waals surface area contributed by atoms with Crippen molar-refractivity contribution in [3.05, 3.63) is 34.9 Å². The van der Waals surface area contributed by atoms with Gasteiger partial charge in [-0.1, -0.05) is 23.7 Å². The molecule has 1 unspecified atom stereocenters. The first-order valence-electron chi connectivity index (χ1n) is 5.01. The van der Waals surface area contributed by atoms with E-state index < -0.39 is 11.5 Å². The summed E-state index contributed by atoms with van der Waals surface area (Å²) in [6, 6.07) is 7.29. The zero-order valence-electron chi connectivity index (χ0n) is 9.70. The molecule has 0 aliphatic heterocycles. The molecule has 1 aromatic rings. The van der Waals surface area contributed by atoms with Crippen molar-refractivity contribution in [1.82, 2.24) is 4.90 Å². The Labute approximate surface area is 101 Å². The molecule has 1 rings (SSSR count). The van der Waals surface area contributed by atoms with Gasteiger partial charge >= 0.3 is 5.97 Å². The fourth-order valence-electron chi connectivity index (χ4n) is 1.62. The molecule has 0 heterocycles. The third-order valence-electron chi connectivity index (χ3n) is 2.95. The molecular weight excluding hydrogens is 226 g/mol. The van der Waals surface area contributed by atoms with Crippen LogP contribution in [0.2, 0.25) is 5.02 Å². The Hall–Kier alpha value is -1.06. The standard InChI is InChI=1S/C12H16ClNO2/c1-12(14(2)3,8-11(15)16)9-4-6-10(13)7-5-9/h4-7H,8H2,1-3H3,(H,15,16). The fraction of sp³-hybridized carbons (Fsp3) is 0.417. The van der Waals surface area contributed by atoms with E-state index in [0.29, 0.717) is 5.02 Å². The summed E-state index contributed by atoms with van der Waals surface area (Å²) in [7, 11) is 3.75. The van der Waals surface area contributed by atoms with Crippen LogP contribution in [0.5, 0.6) is 0 Å². The number of halogens is 1. The zero-order valence-corrected chi connectivity index (χ0v) is 10.5. The van der Waals surface area contributed by atoms with Crippen LogP contribution in [0, 0.1) is 0 Å². The zero-order chi connectivity index (χ0) is 12.3. The number of hydrogen-bond donors (Lipinski definition) is 1. The Bertz CT molecular complexity index is 375. The van der Waals surface area contributed by atoms with Crippen molar-refractivity contribution >= 4 is 17.6 Å². The number of carboxylic acids is 1. The van der Waals surface area contributed by atoms with Gasteiger partial charge in [0.1, 0.15) is 0 Å². The van der Waals surface area contributed by atoms with Crippen molar-refractivity contribution in [3.63, 3.8) is 0 Å². The first-order valence-corrected chi connectivity index (χ1v) is 5.39. The third-order valence-corrected chi connectivity index (χ3v) is 3.20. The van der Waals surface area contributed by atoms with Crippen LogP contribution in [-0.4, -0.2) is 30.1 Å². The second-order valence-electron chi connectivity index (χ2n) is 4.25. The van der Waals surface area contributed by atoms with Gasteiger partial charge in [-0.05, 0) is 38.7 Å². The summed E-state index contributed by atoms with van der Waals surface area (Å²) >= 11 is 5.82. The van der Waals surface area contributed by atoms with Crippen LogP contribution < -0.4 is 0 Å². The van der Waals surface area contributed by atoms with Gasteiger partial charge in [0.25, 0.3) is 0 Å². The lowest BCUT2D eigenvalue weighted by molar-refractivity contribution is -0.140. The summed E-state index contributed by atoms with van der Waals surface area (Å²) in [6.07, 6.45) is 0.0572. The number of hydrogen-bond acceptors (Lipinski definition) is 2. The van der Waals surface area contributed by atoms with Crippen molar-refractivity contribution in [2.75, 3.05) is 14.1 Å². The number of rotatable bonds is 4. The van der Waals surface area contributed by atoms with Gasteiger partial charge in [0.15, 0.2) is 0 Å². The Morgan fingerprint density at radius 2 is 1.88 bits per heavy atom. The molecule has 1 N–H and O–H groups in total. The summed E-state index contributed by atoms with van der Waals surface area (Å²) < 4.78 is 0. The molecular formula is C12H16ClNO2. The van der Waals surface area contributed by atoms with Crippen molar-refractivity contribution in [1.29, 1.82) is 0 Å². The van der Waals surface area contributed by atoms with E-state index >= 15 is 0 Å². The lowest BCUT2D eigenvalue weighted by Gasteiger charge is -2.35. The summed E-state index contributed by atoms with van der Waals surface area (Å²) in [5.41, 5.74) is 0.431. The summed E-state index contributed by atoms with van der Waals surface area (Å²) in [5, 5.41) is 9.61. The fourth-order valence-corrected chi connectivity index (χ4v) is 1.75. The van der Waals surface area contributed by atoms with Crippen LogP contribution >= 0.6 is 11.6 Å². The van der Waals surface area contributed by atoms with E-state index in [2.05, 4.69) is 0 Å². The van der Waals surface area contributed by atoms with Crippen LogP contribution in [0.15, 0.2) is 24.3 Å². The largest absolute Gasteiger partial charge is 0.481 e. The minimum Gasteiger partial charge on any atom is -0.481 e. The number of aliphatic carboxylic acids is 1. The number of carbonyl (C=O) groups is 1. The molecule has 0 radical (unpaired) electrons. The predicted octanol–water partition coefficient (Wildman–Crippen LogP) is 2.59. The van der Waals surface area contributed by atoms with Crippen LogP contribution in [-0.2, 0) is 10.3 Å². The minimum absolute atomic E-state index is 0.0572. The molecule has 4 heteroatoms. The van der Waals surface area contributed by atoms with Crippen LogP contribution in [0.1, 0.15) is 18.9 Å². The predicted molar refractivity (Wildman–Crippen MR) is 64.7 cm³/mol. The first kappa shape index (κ1) is 13.0. The van der Waals surface area contributed by atoms with Gasteiger partial charge in [0, 0.05) is 5.02 Å². The molecule has 0 aliphatic rings. The number of nitrogens with zero attached hydrogens (tertiary/aromatic N) is 1. The highest BCUT2D eigenvalue weighted by atomic mass is 35.5. The lowest BCUT2D eigenvalue weighted by Crippen LogP contribution is -2.40. The maximum atomic E-state index is 10.9. The van der Waals surface area contributed by atoms with Crippen molar-refractivity contribution in [2.24, 2.45) is 0 Å². The van der Waals surface area contributed by atoms with Crippen molar-refractivity contribution in [3.8, 4) is 0 Å². The van der Waals surface area contributed by atoms with Crippen LogP contribution in [0.4, 0.5) is 0 Å². The van der Waals surface area contributed by atoms with E-state index in [1.165, 1.54) is 0 Å². The summed E-state index contributed by atoms with van der Waals surface area (Å²) in [5.74, 6) is -0.814. The molecule has 0 aliphatic carbocycles. The van der Waals surface area contributed by atoms with E-state index in [-0.39, 0.29) is 6.42 Å². The molecule has 3 nitrogen and oxygen atoms in total. The number of benzene rings is 1. The smallest absolute Gasteiger partial charge is 0.305 e. The SMILES string of the molecule is CN(C)C(C)(CC(=O)O)c1ccc(Cl)cc1. The van der Waals surface area contributed by atoms with Crippen molar-refractivity contribution < 1.29 is 9.90 Å². The first-order chi connectivity index (χ1) is 7.36. The molecule has 0 amide bonds. The Kier molecular flexibility index (Phi) is 3.94. The third kappa shape index (κ3) is 2.74. The normalized spacial score (nSPS) is 14.8. The summed E-state index contributed by atoms with van der Waals surface area (Å²) in [4.78, 5) is 12.8. The van der Waals surface area contributed by atoms with E-state index in [1.54, 1.807) is 12.1 Å². The molecule has 16 heavy (non-hydrogen) atoms. The lowest BCUT2D eigenvalue weighted by atomic mass is 9.87. The molecule has 1 aromatic carbocycles. The van der Waals surface area contributed by atoms with E-state index in [1.807, 2.05) is 38.1 Å². The highest BCUT2D eigenvalue weighted by Gasteiger charge is 2.31. The van der Waals surface area contributed by atoms with E-state index in [0.717, 1.165) is 5.56 Å². The maximum Gasteiger partial charge on any atom is 0.305 e. The van der Waals surface area contributed by atoms with Crippen LogP contribution in [0.25, 0.3) is 0 Å². The van der Waals surface area contributed by atoms with Gasteiger partial charge in [-0.2, -0.15) is 0 Å². The Morgan fingerprint density at radius 3 is 2.25 bits per heavy atom. The van der Waals surface area contributed by atoms with Gasteiger partial charge < -0.3 is 5.11 Å². The molecule has 0 bridgehead atoms. The van der Waals surface area contributed by atoms with Gasteiger partial charge in [0.05, 0.1) is 12.0 Å². The van der Waals surface area contributed by atoms with Crippen molar-refractivity contribution in [2.45, 2.75) is 18.9 Å². The van der Waals surface area contributed by atoms with Gasteiger partial charge in [0.2, 0.25) is 0 Å². The molecule has 0 fully saturated rings. The molecule has 0 saturated heterocycles. The second kappa shape index (κ2) is 4.85. The van der Waals surface area contributed by atoms with Gasteiger partial charge in [-0.15, -0.1) is 0 Å². The van der Waals surface area contributed by atoms with E-state index in [9.17, 15) is 4.79 Å². The maximum absolute atomic E-state index is 10.9. The average molecular weight is 242 g/mol. The molecule has 1 atom stereocenters. The monoisotopic (exact) mass is 241 g/mol. The summed E-state index contributed by atoms with van der Waals surface area (Å²) in [6.45, 7) is 1.91. The highest BCUT2D eigenvalue weighted by molar-refractivity contribution is 6.30. The Morgan fingerprint density at radius 1 is 1.38 bits per heavy atom. The topological polar surface area (TPSA) is 40.5 Å². The quantitative estimate of drug-likeness (QED) is 0.881. The average Bonchev–Trinajstić information content (AvgIpc) is 2.17. The molecule has 0 saturated carbocycles. The van der Waals surface area contributed by atoms with Gasteiger partial charge in [-0.25, -0.2) is 0 Å². The molecule has 0 spiro atoms. The minimum atomic E-state index is -0.814. The van der Waals surface area contributed by atoms with Gasteiger partial charge in [-0.3, -0.25) is 9.69 Å². The second-order valence-corrected chi connectivity index (χ2v) is 4.68. The molecule has 88 valence electrons. The highest BCUT2D eigenvalue weighted by Crippen LogP contribution is 2.30. The number of carboxylic acid groups (broad SMARTS) is 1. The Balaban J connectivity index is 3.10. The van der Waals surface area contributed by atoms with Crippen LogP contribution in [0.3, 0.4) is 0 Å². The van der Waals surface area contributed by atoms with E-state index in [4.69, 9.17) is 16.7 Å².